The first-order chi connectivity index (χ1) is 23.5. The molecule has 0 radical (unpaired) electrons. The molecule has 268 valence electrons. The summed E-state index contributed by atoms with van der Waals surface area (Å²) >= 11 is 0. The molecule has 1 fully saturated rings. The van der Waals surface area contributed by atoms with Crippen molar-refractivity contribution in [2.45, 2.75) is 78.3 Å². The molecular weight excluding hydrogens is 649 g/mol. The Bertz CT molecular complexity index is 1160. The third-order valence-corrected chi connectivity index (χ3v) is 15.7. The third kappa shape index (κ3) is 8.40. The van der Waals surface area contributed by atoms with Crippen LogP contribution in [0, 0.1) is 11.8 Å². The smallest absolute Gasteiger partial charge is 0.493 e. The zero-order valence-electron chi connectivity index (χ0n) is 29.8. The molecule has 5 rings (SSSR count). The molecule has 48 heavy (non-hydrogen) atoms. The lowest BCUT2D eigenvalue weighted by molar-refractivity contribution is -0.0140. The van der Waals surface area contributed by atoms with Crippen LogP contribution in [0.3, 0.4) is 0 Å². The molecule has 2 aromatic rings. The van der Waals surface area contributed by atoms with Crippen LogP contribution in [-0.2, 0) is 26.6 Å². The average Bonchev–Trinajstić information content (AvgIpc) is 3.07. The van der Waals surface area contributed by atoms with Crippen LogP contribution in [0.1, 0.15) is 77.3 Å². The fourth-order valence-electron chi connectivity index (χ4n) is 7.62. The van der Waals surface area contributed by atoms with Crippen LogP contribution in [0.15, 0.2) is 36.4 Å². The van der Waals surface area contributed by atoms with Crippen molar-refractivity contribution >= 4 is 17.6 Å². The summed E-state index contributed by atoms with van der Waals surface area (Å²) in [5.74, 6) is 5.16. The van der Waals surface area contributed by atoms with E-state index in [1.54, 1.807) is 0 Å². The molecule has 3 aliphatic rings. The first-order valence-corrected chi connectivity index (χ1v) is 21.9. The molecule has 1 saturated carbocycles. The fraction of sp³-hybridized carbons (Fsp3) is 0.667. The van der Waals surface area contributed by atoms with Gasteiger partial charge in [-0.15, -0.1) is 0 Å². The number of hydrogen-bond donors (Lipinski definition) is 0. The van der Waals surface area contributed by atoms with Crippen molar-refractivity contribution in [3.63, 3.8) is 0 Å². The Kier molecular flexibility index (Phi) is 13.7. The van der Waals surface area contributed by atoms with Crippen molar-refractivity contribution in [2.24, 2.45) is 11.8 Å². The molecular formula is C36H56O10Si2. The number of hydrogen-bond acceptors (Lipinski definition) is 10. The van der Waals surface area contributed by atoms with Gasteiger partial charge in [0.05, 0.1) is 26.4 Å². The maximum absolute atomic E-state index is 6.36. The van der Waals surface area contributed by atoms with Crippen LogP contribution in [0.5, 0.6) is 23.0 Å². The van der Waals surface area contributed by atoms with Crippen LogP contribution < -0.4 is 18.9 Å². The minimum absolute atomic E-state index is 0.414. The monoisotopic (exact) mass is 704 g/mol. The summed E-state index contributed by atoms with van der Waals surface area (Å²) in [5, 5.41) is 0. The Morgan fingerprint density at radius 3 is 1.23 bits per heavy atom. The molecule has 2 heterocycles. The molecule has 0 atom stereocenters. The van der Waals surface area contributed by atoms with E-state index in [2.05, 4.69) is 24.3 Å². The van der Waals surface area contributed by atoms with Gasteiger partial charge in [0.15, 0.2) is 0 Å². The summed E-state index contributed by atoms with van der Waals surface area (Å²) in [6, 6.07) is 14.1. The lowest BCUT2D eigenvalue weighted by atomic mass is 9.51. The van der Waals surface area contributed by atoms with Crippen LogP contribution in [0.4, 0.5) is 0 Å². The normalized spacial score (nSPS) is 21.1. The second-order valence-corrected chi connectivity index (χ2v) is 17.7. The summed E-state index contributed by atoms with van der Waals surface area (Å²) in [4.78, 5) is 0. The van der Waals surface area contributed by atoms with Gasteiger partial charge in [-0.25, -0.2) is 0 Å². The second kappa shape index (κ2) is 17.7. The average molecular weight is 705 g/mol. The summed E-state index contributed by atoms with van der Waals surface area (Å²) in [7, 11) is -5.34. The van der Waals surface area contributed by atoms with E-state index in [4.69, 9.17) is 45.5 Å². The van der Waals surface area contributed by atoms with Crippen molar-refractivity contribution in [3.8, 4) is 23.0 Å². The maximum Gasteiger partial charge on any atom is 0.501 e. The SMILES string of the molecule is CCO[Si](CCCOc1ccc2c(c1)OCC1C2C2COc3cc(OCCC[Si](OCC)(OCC)OCC)ccc3C12)(OCC)OCC. The molecule has 0 spiro atoms. The quantitative estimate of drug-likeness (QED) is 0.0925. The molecule has 0 saturated heterocycles. The Morgan fingerprint density at radius 1 is 0.542 bits per heavy atom. The number of rotatable bonds is 22. The van der Waals surface area contributed by atoms with Gasteiger partial charge in [-0.05, 0) is 77.6 Å². The summed E-state index contributed by atoms with van der Waals surface area (Å²) < 4.78 is 60.9. The van der Waals surface area contributed by atoms with Crippen LogP contribution in [0.25, 0.3) is 0 Å². The standard InChI is InChI=1S/C36H56O10Si2/c1-7-41-47(42-8-2,43-9-3)21-13-19-37-27-15-17-29-33(23-27)39-25-31-35(29)32-26-40-34-24-28(16-18-30(34)36(31)32)38-20-14-22-48(44-10-4,45-11-5)46-12-6/h15-18,23-24,31-32,35-36H,7-14,19-22,25-26H2,1-6H3. The van der Waals surface area contributed by atoms with Gasteiger partial charge >= 0.3 is 17.6 Å². The highest BCUT2D eigenvalue weighted by molar-refractivity contribution is 6.61. The number of ether oxygens (including phenoxy) is 4. The Balaban J connectivity index is 1.14. The van der Waals surface area contributed by atoms with Crippen LogP contribution in [0.2, 0.25) is 12.1 Å². The van der Waals surface area contributed by atoms with Crippen molar-refractivity contribution < 1.29 is 45.5 Å². The second-order valence-electron chi connectivity index (χ2n) is 12.3. The molecule has 0 aromatic heterocycles. The largest absolute Gasteiger partial charge is 0.501 e. The zero-order valence-corrected chi connectivity index (χ0v) is 31.8. The highest BCUT2D eigenvalue weighted by Gasteiger charge is 2.57. The molecule has 10 nitrogen and oxygen atoms in total. The van der Waals surface area contributed by atoms with Gasteiger partial charge in [0.1, 0.15) is 23.0 Å². The maximum atomic E-state index is 6.36. The first-order valence-electron chi connectivity index (χ1n) is 18.1. The Labute approximate surface area is 289 Å². The van der Waals surface area contributed by atoms with Gasteiger partial charge in [-0.3, -0.25) is 0 Å². The molecule has 0 unspecified atom stereocenters. The lowest BCUT2D eigenvalue weighted by Gasteiger charge is -2.56. The lowest BCUT2D eigenvalue weighted by Crippen LogP contribution is -2.52. The molecule has 12 heteroatoms. The molecule has 1 aliphatic carbocycles. The zero-order chi connectivity index (χ0) is 34.0. The molecule has 0 bridgehead atoms. The van der Waals surface area contributed by atoms with Gasteiger partial charge in [-0.1, -0.05) is 12.1 Å². The minimum Gasteiger partial charge on any atom is -0.493 e. The predicted molar refractivity (Wildman–Crippen MR) is 187 cm³/mol. The summed E-state index contributed by atoms with van der Waals surface area (Å²) in [6.45, 7) is 17.8. The minimum atomic E-state index is -2.67. The Hall–Kier alpha value is -2.17. The number of benzene rings is 2. The summed E-state index contributed by atoms with van der Waals surface area (Å²) in [5.41, 5.74) is 2.51. The van der Waals surface area contributed by atoms with E-state index in [1.807, 2.05) is 53.7 Å². The van der Waals surface area contributed by atoms with Crippen LogP contribution in [-0.4, -0.2) is 83.7 Å². The van der Waals surface area contributed by atoms with Gasteiger partial charge in [-0.2, -0.15) is 0 Å². The van der Waals surface area contributed by atoms with E-state index in [0.29, 0.717) is 89.7 Å². The van der Waals surface area contributed by atoms with Crippen molar-refractivity contribution in [2.75, 3.05) is 66.1 Å². The highest BCUT2D eigenvalue weighted by Crippen LogP contribution is 2.64. The van der Waals surface area contributed by atoms with E-state index in [1.165, 1.54) is 11.1 Å². The predicted octanol–water partition coefficient (Wildman–Crippen LogP) is 7.22. The van der Waals surface area contributed by atoms with E-state index in [-0.39, 0.29) is 0 Å². The van der Waals surface area contributed by atoms with Crippen LogP contribution >= 0.6 is 0 Å². The van der Waals surface area contributed by atoms with Gasteiger partial charge in [0.2, 0.25) is 0 Å². The van der Waals surface area contributed by atoms with Gasteiger partial charge in [0.25, 0.3) is 0 Å². The molecule has 2 aromatic carbocycles. The summed E-state index contributed by atoms with van der Waals surface area (Å²) in [6.07, 6.45) is 1.58. The van der Waals surface area contributed by atoms with E-state index in [0.717, 1.165) is 47.9 Å². The Morgan fingerprint density at radius 2 is 0.896 bits per heavy atom. The van der Waals surface area contributed by atoms with Crippen molar-refractivity contribution in [1.29, 1.82) is 0 Å². The van der Waals surface area contributed by atoms with Gasteiger partial charge < -0.3 is 45.5 Å². The molecule has 2 aliphatic heterocycles. The van der Waals surface area contributed by atoms with Gasteiger partial charge in [0, 0.05) is 87.5 Å². The topological polar surface area (TPSA) is 92.3 Å². The molecule has 0 amide bonds. The third-order valence-electron chi connectivity index (χ3n) is 9.37. The van der Waals surface area contributed by atoms with E-state index in [9.17, 15) is 0 Å². The number of fused-ring (bicyclic) bond motifs is 8. The molecule has 0 N–H and O–H groups in total. The highest BCUT2D eigenvalue weighted by atomic mass is 28.4. The van der Waals surface area contributed by atoms with E-state index >= 15 is 0 Å². The first kappa shape index (κ1) is 37.1. The van der Waals surface area contributed by atoms with E-state index < -0.39 is 17.6 Å². The van der Waals surface area contributed by atoms with Crippen molar-refractivity contribution in [3.05, 3.63) is 47.5 Å². The fourth-order valence-corrected chi connectivity index (χ4v) is 12.8. The van der Waals surface area contributed by atoms with Crippen molar-refractivity contribution in [1.82, 2.24) is 0 Å².